The molecule has 0 bridgehead atoms. The van der Waals surface area contributed by atoms with Gasteiger partial charge in [-0.15, -0.1) is 0 Å². The lowest BCUT2D eigenvalue weighted by Gasteiger charge is -2.09. The van der Waals surface area contributed by atoms with Crippen molar-refractivity contribution in [1.82, 2.24) is 15.5 Å². The zero-order valence-electron chi connectivity index (χ0n) is 30.7. The molecular weight excluding hydrogens is 695 g/mol. The van der Waals surface area contributed by atoms with Crippen LogP contribution in [0.5, 0.6) is 11.5 Å². The van der Waals surface area contributed by atoms with E-state index < -0.39 is 0 Å². The number of rotatable bonds is 16. The van der Waals surface area contributed by atoms with Crippen molar-refractivity contribution < 1.29 is 28.2 Å². The number of nitrogens with one attached hydrogen (secondary N) is 2. The van der Waals surface area contributed by atoms with E-state index >= 15 is 0 Å². The van der Waals surface area contributed by atoms with Crippen LogP contribution in [0.15, 0.2) is 124 Å². The molecule has 0 aliphatic rings. The third kappa shape index (κ3) is 9.08. The van der Waals surface area contributed by atoms with Crippen molar-refractivity contribution in [1.29, 1.82) is 0 Å². The maximum absolute atomic E-state index is 13.3. The number of amides is 2. The fourth-order valence-electron chi connectivity index (χ4n) is 6.53. The molecule has 5 aromatic carbocycles. The number of aryl methyl sites for hydroxylation is 1. The molecule has 0 radical (unpaired) electrons. The molecule has 2 aromatic heterocycles. The molecule has 0 aliphatic carbocycles. The van der Waals surface area contributed by atoms with Gasteiger partial charge in [-0.25, -0.2) is 4.63 Å². The molecule has 2 N–H and O–H groups in total. The lowest BCUT2D eigenvalue weighted by molar-refractivity contribution is -0.117. The van der Waals surface area contributed by atoms with Gasteiger partial charge < -0.3 is 24.6 Å². The molecule has 0 atom stereocenters. The standard InChI is InChI=1S/C44H41N5O6/c1-52-36-24-16-31(17-25-36)42-39(54-48-44(42)33-18-26-37(53-2)27-19-33)28-41(51)46-35-22-14-30(15-23-35)29-12-20-34(21-13-29)45-40(50)11-6-4-3-5-8-32-9-7-10-38-43(32)49-55-47-38/h7,9-10,12-27H,3-6,8,11,28H2,1-2H3,(H,45,50)(H,46,51). The molecule has 11 heteroatoms. The van der Waals surface area contributed by atoms with Gasteiger partial charge in [0.05, 0.1) is 26.2 Å². The van der Waals surface area contributed by atoms with Crippen molar-refractivity contribution in [2.45, 2.75) is 44.9 Å². The SMILES string of the molecule is COc1ccc(-c2noc(CC(=O)Nc3ccc(-c4ccc(NC(=O)CCCCCCc5cccc6nonc56)cc4)cc3)c2-c2ccc(OC)cc2)cc1. The quantitative estimate of drug-likeness (QED) is 0.0928. The molecule has 0 spiro atoms. The number of hydrogen-bond acceptors (Lipinski definition) is 9. The van der Waals surface area contributed by atoms with Gasteiger partial charge in [0.1, 0.15) is 28.2 Å². The fourth-order valence-corrected chi connectivity index (χ4v) is 6.53. The van der Waals surface area contributed by atoms with Crippen molar-refractivity contribution in [2.24, 2.45) is 0 Å². The highest BCUT2D eigenvalue weighted by Crippen LogP contribution is 2.36. The van der Waals surface area contributed by atoms with Gasteiger partial charge in [-0.2, -0.15) is 0 Å². The van der Waals surface area contributed by atoms with Crippen molar-refractivity contribution in [3.05, 3.63) is 127 Å². The Morgan fingerprint density at radius 3 is 1.82 bits per heavy atom. The van der Waals surface area contributed by atoms with Gasteiger partial charge in [0.2, 0.25) is 11.8 Å². The van der Waals surface area contributed by atoms with Gasteiger partial charge in [0.25, 0.3) is 0 Å². The molecule has 0 aliphatic heterocycles. The molecule has 278 valence electrons. The first-order valence-corrected chi connectivity index (χ1v) is 18.2. The first kappa shape index (κ1) is 36.6. The van der Waals surface area contributed by atoms with E-state index in [1.165, 1.54) is 0 Å². The second kappa shape index (κ2) is 17.4. The summed E-state index contributed by atoms with van der Waals surface area (Å²) in [7, 11) is 3.24. The smallest absolute Gasteiger partial charge is 0.232 e. The second-order valence-electron chi connectivity index (χ2n) is 13.2. The molecule has 55 heavy (non-hydrogen) atoms. The maximum atomic E-state index is 13.3. The Morgan fingerprint density at radius 1 is 0.600 bits per heavy atom. The van der Waals surface area contributed by atoms with Gasteiger partial charge in [0, 0.05) is 23.4 Å². The van der Waals surface area contributed by atoms with E-state index in [9.17, 15) is 9.59 Å². The van der Waals surface area contributed by atoms with E-state index in [4.69, 9.17) is 18.6 Å². The maximum Gasteiger partial charge on any atom is 0.232 e. The summed E-state index contributed by atoms with van der Waals surface area (Å²) < 4.78 is 21.3. The summed E-state index contributed by atoms with van der Waals surface area (Å²) in [6, 6.07) is 36.4. The summed E-state index contributed by atoms with van der Waals surface area (Å²) in [5.74, 6) is 1.66. The van der Waals surface area contributed by atoms with Crippen molar-refractivity contribution in [3.63, 3.8) is 0 Å². The number of carbonyl (C=O) groups excluding carboxylic acids is 2. The molecule has 0 unspecified atom stereocenters. The number of unbranched alkanes of at least 4 members (excludes halogenated alkanes) is 3. The molecule has 0 fully saturated rings. The van der Waals surface area contributed by atoms with E-state index in [1.54, 1.807) is 14.2 Å². The molecule has 11 nitrogen and oxygen atoms in total. The highest BCUT2D eigenvalue weighted by Gasteiger charge is 2.22. The molecular formula is C44H41N5O6. The van der Waals surface area contributed by atoms with Crippen LogP contribution in [-0.2, 0) is 22.4 Å². The third-order valence-corrected chi connectivity index (χ3v) is 9.47. The van der Waals surface area contributed by atoms with E-state index in [1.807, 2.05) is 109 Å². The summed E-state index contributed by atoms with van der Waals surface area (Å²) in [6.07, 6.45) is 5.22. The number of anilines is 2. The molecule has 7 aromatic rings. The van der Waals surface area contributed by atoms with Crippen molar-refractivity contribution >= 4 is 34.2 Å². The Bertz CT molecular complexity index is 2350. The van der Waals surface area contributed by atoms with Gasteiger partial charge in [-0.3, -0.25) is 9.59 Å². The van der Waals surface area contributed by atoms with Crippen LogP contribution < -0.4 is 20.1 Å². The molecule has 0 saturated heterocycles. The number of nitrogens with zero attached hydrogens (tertiary/aromatic N) is 3. The number of aromatic nitrogens is 3. The highest BCUT2D eigenvalue weighted by atomic mass is 16.6. The Morgan fingerprint density at radius 2 is 1.18 bits per heavy atom. The van der Waals surface area contributed by atoms with Crippen LogP contribution in [-0.4, -0.2) is 41.5 Å². The van der Waals surface area contributed by atoms with Crippen LogP contribution in [0.4, 0.5) is 11.4 Å². The zero-order valence-corrected chi connectivity index (χ0v) is 30.7. The molecule has 7 rings (SSSR count). The largest absolute Gasteiger partial charge is 0.497 e. The van der Waals surface area contributed by atoms with Crippen molar-refractivity contribution in [2.75, 3.05) is 24.9 Å². The van der Waals surface area contributed by atoms with E-state index in [-0.39, 0.29) is 18.2 Å². The first-order chi connectivity index (χ1) is 27.0. The zero-order chi connectivity index (χ0) is 38.0. The predicted octanol–water partition coefficient (Wildman–Crippen LogP) is 9.54. The lowest BCUT2D eigenvalue weighted by atomic mass is 9.97. The van der Waals surface area contributed by atoms with Crippen LogP contribution in [0.25, 0.3) is 44.5 Å². The monoisotopic (exact) mass is 735 g/mol. The lowest BCUT2D eigenvalue weighted by Crippen LogP contribution is -2.14. The van der Waals surface area contributed by atoms with Crippen LogP contribution >= 0.6 is 0 Å². The minimum absolute atomic E-state index is 0.00434. The third-order valence-electron chi connectivity index (χ3n) is 9.47. The Hall–Kier alpha value is -6.75. The van der Waals surface area contributed by atoms with Gasteiger partial charge >= 0.3 is 0 Å². The minimum atomic E-state index is -0.237. The number of fused-ring (bicyclic) bond motifs is 1. The molecule has 0 saturated carbocycles. The summed E-state index contributed by atoms with van der Waals surface area (Å²) in [6.45, 7) is 0. The minimum Gasteiger partial charge on any atom is -0.497 e. The number of benzene rings is 5. The number of ether oxygens (including phenoxy) is 2. The van der Waals surface area contributed by atoms with E-state index in [0.29, 0.717) is 23.6 Å². The summed E-state index contributed by atoms with van der Waals surface area (Å²) in [5.41, 5.74) is 9.18. The first-order valence-electron chi connectivity index (χ1n) is 18.2. The number of hydrogen-bond donors (Lipinski definition) is 2. The Balaban J connectivity index is 0.900. The Kier molecular flexibility index (Phi) is 11.6. The number of methoxy groups -OCH3 is 2. The predicted molar refractivity (Wildman–Crippen MR) is 212 cm³/mol. The summed E-state index contributed by atoms with van der Waals surface area (Å²) >= 11 is 0. The summed E-state index contributed by atoms with van der Waals surface area (Å²) in [5, 5.41) is 18.3. The fraction of sp³-hybridized carbons (Fsp3) is 0.205. The number of carbonyl (C=O) groups is 2. The van der Waals surface area contributed by atoms with E-state index in [2.05, 4.69) is 32.2 Å². The van der Waals surface area contributed by atoms with Crippen LogP contribution in [0.2, 0.25) is 0 Å². The van der Waals surface area contributed by atoms with Crippen LogP contribution in [0.1, 0.15) is 43.4 Å². The Labute approximate surface area is 318 Å². The van der Waals surface area contributed by atoms with Gasteiger partial charge in [0.15, 0.2) is 5.76 Å². The highest BCUT2D eigenvalue weighted by molar-refractivity contribution is 5.95. The normalized spacial score (nSPS) is 11.0. The summed E-state index contributed by atoms with van der Waals surface area (Å²) in [4.78, 5) is 25.9. The van der Waals surface area contributed by atoms with Crippen LogP contribution in [0.3, 0.4) is 0 Å². The van der Waals surface area contributed by atoms with E-state index in [0.717, 1.165) is 93.7 Å². The topological polar surface area (TPSA) is 142 Å². The van der Waals surface area contributed by atoms with Gasteiger partial charge in [-0.1, -0.05) is 66.5 Å². The second-order valence-corrected chi connectivity index (χ2v) is 13.2. The van der Waals surface area contributed by atoms with Gasteiger partial charge in [-0.05, 0) is 119 Å². The van der Waals surface area contributed by atoms with Crippen LogP contribution in [0, 0.1) is 0 Å². The molecule has 2 amide bonds. The van der Waals surface area contributed by atoms with Crippen molar-refractivity contribution in [3.8, 4) is 45.0 Å². The molecule has 2 heterocycles. The average molecular weight is 736 g/mol. The average Bonchev–Trinajstić information content (AvgIpc) is 3.88.